The fraction of sp³-hybridized carbons (Fsp3) is 0.125. The average molecular weight is 416 g/mol. The Hall–Kier alpha value is -4.31. The maximum Gasteiger partial charge on any atom is 0.342 e. The van der Waals surface area contributed by atoms with Crippen LogP contribution in [0, 0.1) is 11.3 Å². The van der Waals surface area contributed by atoms with E-state index in [0.29, 0.717) is 23.6 Å². The van der Waals surface area contributed by atoms with E-state index >= 15 is 0 Å². The van der Waals surface area contributed by atoms with Crippen molar-refractivity contribution in [2.75, 3.05) is 25.1 Å². The van der Waals surface area contributed by atoms with E-state index in [1.54, 1.807) is 48.5 Å². The molecular formula is C24H20N2O5. The van der Waals surface area contributed by atoms with Crippen molar-refractivity contribution in [2.24, 2.45) is 0 Å². The zero-order valence-corrected chi connectivity index (χ0v) is 16.6. The van der Waals surface area contributed by atoms with Crippen LogP contribution in [0.4, 0.5) is 5.69 Å². The van der Waals surface area contributed by atoms with Crippen LogP contribution in [-0.2, 0) is 9.53 Å². The lowest BCUT2D eigenvalue weighted by Crippen LogP contribution is -2.21. The van der Waals surface area contributed by atoms with Gasteiger partial charge in [-0.05, 0) is 48.5 Å². The van der Waals surface area contributed by atoms with E-state index < -0.39 is 18.5 Å². The van der Waals surface area contributed by atoms with Crippen molar-refractivity contribution >= 4 is 17.6 Å². The third-order valence-electron chi connectivity index (χ3n) is 4.09. The fourth-order valence-corrected chi connectivity index (χ4v) is 2.62. The second kappa shape index (κ2) is 11.0. The number of amides is 1. The molecule has 0 radical (unpaired) electrons. The summed E-state index contributed by atoms with van der Waals surface area (Å²) in [4.78, 5) is 24.4. The van der Waals surface area contributed by atoms with Crippen LogP contribution in [0.5, 0.6) is 11.5 Å². The summed E-state index contributed by atoms with van der Waals surface area (Å²) in [6, 6.07) is 24.3. The van der Waals surface area contributed by atoms with Crippen molar-refractivity contribution in [2.45, 2.75) is 0 Å². The second-order valence-corrected chi connectivity index (χ2v) is 6.32. The average Bonchev–Trinajstić information content (AvgIpc) is 2.82. The first-order valence-corrected chi connectivity index (χ1v) is 9.52. The van der Waals surface area contributed by atoms with Crippen LogP contribution < -0.4 is 14.8 Å². The maximum atomic E-state index is 12.4. The van der Waals surface area contributed by atoms with E-state index in [2.05, 4.69) is 5.32 Å². The number of esters is 1. The number of carbonyl (C=O) groups excluding carboxylic acids is 2. The summed E-state index contributed by atoms with van der Waals surface area (Å²) in [6.07, 6.45) is 0. The number of ether oxygens (including phenoxy) is 3. The Labute approximate surface area is 179 Å². The normalized spacial score (nSPS) is 9.90. The number of hydrogen-bond acceptors (Lipinski definition) is 6. The van der Waals surface area contributed by atoms with Gasteiger partial charge in [0.1, 0.15) is 30.3 Å². The molecule has 0 aliphatic heterocycles. The van der Waals surface area contributed by atoms with Gasteiger partial charge in [0, 0.05) is 5.69 Å². The largest absolute Gasteiger partial charge is 0.490 e. The number of para-hydroxylation sites is 2. The molecule has 0 bridgehead atoms. The van der Waals surface area contributed by atoms with Crippen LogP contribution >= 0.6 is 0 Å². The van der Waals surface area contributed by atoms with E-state index in [0.717, 1.165) is 5.75 Å². The summed E-state index contributed by atoms with van der Waals surface area (Å²) in [7, 11) is 0. The minimum atomic E-state index is -0.672. The minimum Gasteiger partial charge on any atom is -0.490 e. The third-order valence-corrected chi connectivity index (χ3v) is 4.09. The first-order valence-electron chi connectivity index (χ1n) is 9.52. The molecule has 156 valence electrons. The van der Waals surface area contributed by atoms with Gasteiger partial charge in [0.2, 0.25) is 0 Å². The minimum absolute atomic E-state index is 0.216. The molecule has 1 amide bonds. The van der Waals surface area contributed by atoms with Gasteiger partial charge in [-0.2, -0.15) is 5.26 Å². The predicted molar refractivity (Wildman–Crippen MR) is 114 cm³/mol. The molecular weight excluding hydrogens is 396 g/mol. The molecule has 0 saturated heterocycles. The summed E-state index contributed by atoms with van der Waals surface area (Å²) in [5, 5.41) is 11.4. The molecule has 3 rings (SSSR count). The number of carbonyl (C=O) groups is 2. The van der Waals surface area contributed by atoms with Crippen LogP contribution in [0.3, 0.4) is 0 Å². The molecule has 1 N–H and O–H groups in total. The Balaban J connectivity index is 1.48. The molecule has 0 aliphatic rings. The summed E-state index contributed by atoms with van der Waals surface area (Å²) in [5.41, 5.74) is 1.20. The molecule has 3 aromatic carbocycles. The summed E-state index contributed by atoms with van der Waals surface area (Å²) < 4.78 is 16.3. The molecule has 0 aliphatic carbocycles. The van der Waals surface area contributed by atoms with Crippen molar-refractivity contribution in [1.29, 1.82) is 5.26 Å². The first-order chi connectivity index (χ1) is 15.2. The smallest absolute Gasteiger partial charge is 0.342 e. The van der Waals surface area contributed by atoms with Crippen LogP contribution in [0.25, 0.3) is 0 Å². The lowest BCUT2D eigenvalue weighted by molar-refractivity contribution is -0.119. The Kier molecular flexibility index (Phi) is 7.61. The number of benzene rings is 3. The maximum absolute atomic E-state index is 12.4. The highest BCUT2D eigenvalue weighted by molar-refractivity contribution is 5.96. The lowest BCUT2D eigenvalue weighted by atomic mass is 10.2. The quantitative estimate of drug-likeness (QED) is 0.421. The summed E-state index contributed by atoms with van der Waals surface area (Å²) >= 11 is 0. The lowest BCUT2D eigenvalue weighted by Gasteiger charge is -2.12. The van der Waals surface area contributed by atoms with Crippen LogP contribution in [-0.4, -0.2) is 31.7 Å². The van der Waals surface area contributed by atoms with Crippen molar-refractivity contribution in [1.82, 2.24) is 0 Å². The topological polar surface area (TPSA) is 97.7 Å². The van der Waals surface area contributed by atoms with Gasteiger partial charge in [-0.3, -0.25) is 4.79 Å². The highest BCUT2D eigenvalue weighted by Crippen LogP contribution is 2.19. The predicted octanol–water partition coefficient (Wildman–Crippen LogP) is 3.81. The van der Waals surface area contributed by atoms with Gasteiger partial charge >= 0.3 is 5.97 Å². The highest BCUT2D eigenvalue weighted by atomic mass is 16.5. The standard InChI is InChI=1S/C24H20N2O5/c25-16-18-10-12-19(13-11-18)26-23(27)17-31-24(28)21-8-4-5-9-22(21)30-15-14-29-20-6-2-1-3-7-20/h1-13H,14-15,17H2,(H,26,27). The Bertz CT molecular complexity index is 1060. The van der Waals surface area contributed by atoms with E-state index in [4.69, 9.17) is 19.5 Å². The molecule has 7 heteroatoms. The summed E-state index contributed by atoms with van der Waals surface area (Å²) in [5.74, 6) is -0.0917. The number of nitrogens with zero attached hydrogens (tertiary/aromatic N) is 1. The van der Waals surface area contributed by atoms with Gasteiger partial charge in [0.15, 0.2) is 6.61 Å². The number of nitrogens with one attached hydrogen (secondary N) is 1. The number of hydrogen-bond donors (Lipinski definition) is 1. The van der Waals surface area contributed by atoms with Crippen LogP contribution in [0.15, 0.2) is 78.9 Å². The summed E-state index contributed by atoms with van der Waals surface area (Å²) in [6.45, 7) is 0.0864. The van der Waals surface area contributed by atoms with Gasteiger partial charge in [-0.1, -0.05) is 30.3 Å². The van der Waals surface area contributed by atoms with Gasteiger partial charge in [-0.15, -0.1) is 0 Å². The molecule has 0 saturated carbocycles. The van der Waals surface area contributed by atoms with Gasteiger partial charge < -0.3 is 19.5 Å². The number of anilines is 1. The molecule has 31 heavy (non-hydrogen) atoms. The Morgan fingerprint density at radius 2 is 1.52 bits per heavy atom. The third kappa shape index (κ3) is 6.61. The molecule has 7 nitrogen and oxygen atoms in total. The van der Waals surface area contributed by atoms with E-state index in [-0.39, 0.29) is 12.2 Å². The SMILES string of the molecule is N#Cc1ccc(NC(=O)COC(=O)c2ccccc2OCCOc2ccccc2)cc1. The van der Waals surface area contributed by atoms with Gasteiger partial charge in [-0.25, -0.2) is 4.79 Å². The monoisotopic (exact) mass is 416 g/mol. The zero-order valence-electron chi connectivity index (χ0n) is 16.6. The Morgan fingerprint density at radius 3 is 2.26 bits per heavy atom. The molecule has 0 atom stereocenters. The molecule has 0 spiro atoms. The van der Waals surface area contributed by atoms with E-state index in [1.165, 1.54) is 0 Å². The first kappa shape index (κ1) is 21.4. The Morgan fingerprint density at radius 1 is 0.839 bits per heavy atom. The zero-order chi connectivity index (χ0) is 21.9. The van der Waals surface area contributed by atoms with E-state index in [1.807, 2.05) is 36.4 Å². The fourth-order valence-electron chi connectivity index (χ4n) is 2.62. The van der Waals surface area contributed by atoms with Crippen molar-refractivity contribution < 1.29 is 23.8 Å². The van der Waals surface area contributed by atoms with Crippen molar-refractivity contribution in [3.63, 3.8) is 0 Å². The van der Waals surface area contributed by atoms with Gasteiger partial charge in [0.05, 0.1) is 11.6 Å². The molecule has 3 aromatic rings. The molecule has 0 unspecified atom stereocenters. The van der Waals surface area contributed by atoms with Crippen LogP contribution in [0.1, 0.15) is 15.9 Å². The second-order valence-electron chi connectivity index (χ2n) is 6.32. The van der Waals surface area contributed by atoms with Gasteiger partial charge in [0.25, 0.3) is 5.91 Å². The van der Waals surface area contributed by atoms with E-state index in [9.17, 15) is 9.59 Å². The van der Waals surface area contributed by atoms with Crippen molar-refractivity contribution in [3.8, 4) is 17.6 Å². The highest BCUT2D eigenvalue weighted by Gasteiger charge is 2.15. The molecule has 0 heterocycles. The molecule has 0 fully saturated rings. The number of nitriles is 1. The number of rotatable bonds is 9. The van der Waals surface area contributed by atoms with Crippen LogP contribution in [0.2, 0.25) is 0 Å². The van der Waals surface area contributed by atoms with Crippen molar-refractivity contribution in [3.05, 3.63) is 90.0 Å². The molecule has 0 aromatic heterocycles.